The van der Waals surface area contributed by atoms with Gasteiger partial charge in [-0.05, 0) is 49.2 Å². The van der Waals surface area contributed by atoms with Crippen molar-refractivity contribution in [2.75, 3.05) is 5.32 Å². The fourth-order valence-corrected chi connectivity index (χ4v) is 3.47. The molecule has 1 aromatic carbocycles. The average molecular weight is 375 g/mol. The topological polar surface area (TPSA) is 68.0 Å². The maximum atomic E-state index is 12.4. The summed E-state index contributed by atoms with van der Waals surface area (Å²) in [5.41, 5.74) is 4.24. The molecule has 6 heteroatoms. The number of aromatic nitrogens is 2. The summed E-state index contributed by atoms with van der Waals surface area (Å²) in [6.45, 7) is 3.81. The van der Waals surface area contributed by atoms with Crippen LogP contribution in [0.5, 0.6) is 0 Å². The Morgan fingerprint density at radius 3 is 2.63 bits per heavy atom. The maximum absolute atomic E-state index is 12.4. The molecule has 0 radical (unpaired) electrons. The van der Waals surface area contributed by atoms with E-state index in [9.17, 15) is 4.79 Å². The Morgan fingerprint density at radius 1 is 1.11 bits per heavy atom. The van der Waals surface area contributed by atoms with Crippen LogP contribution in [0.2, 0.25) is 0 Å². The first-order chi connectivity index (χ1) is 13.1. The van der Waals surface area contributed by atoms with Gasteiger partial charge in [-0.25, -0.2) is 4.98 Å². The van der Waals surface area contributed by atoms with Gasteiger partial charge in [-0.3, -0.25) is 9.78 Å². The molecule has 1 amide bonds. The summed E-state index contributed by atoms with van der Waals surface area (Å²) in [5.74, 6) is 1.46. The molecule has 134 valence electrons. The lowest BCUT2D eigenvalue weighted by molar-refractivity contribution is 0.102. The number of carbonyl (C=O) groups excluding carboxylic acids is 1. The van der Waals surface area contributed by atoms with Gasteiger partial charge in [0.25, 0.3) is 5.91 Å². The second-order valence-electron chi connectivity index (χ2n) is 6.14. The van der Waals surface area contributed by atoms with Crippen LogP contribution < -0.4 is 5.32 Å². The quantitative estimate of drug-likeness (QED) is 0.523. The number of hydrogen-bond acceptors (Lipinski definition) is 5. The van der Waals surface area contributed by atoms with Crippen molar-refractivity contribution in [3.63, 3.8) is 0 Å². The molecule has 3 aromatic heterocycles. The van der Waals surface area contributed by atoms with Gasteiger partial charge in [-0.15, -0.1) is 11.3 Å². The van der Waals surface area contributed by atoms with E-state index in [2.05, 4.69) is 15.3 Å². The number of carbonyl (C=O) groups is 1. The number of nitrogens with zero attached hydrogens (tertiary/aromatic N) is 2. The Morgan fingerprint density at radius 2 is 1.93 bits per heavy atom. The van der Waals surface area contributed by atoms with Crippen molar-refractivity contribution in [3.8, 4) is 21.9 Å². The summed E-state index contributed by atoms with van der Waals surface area (Å²) in [6, 6.07) is 11.4. The molecule has 4 rings (SSSR count). The number of furan rings is 1. The molecule has 5 nitrogen and oxygen atoms in total. The van der Waals surface area contributed by atoms with E-state index in [1.165, 1.54) is 0 Å². The molecule has 0 fully saturated rings. The molecular weight excluding hydrogens is 358 g/mol. The highest BCUT2D eigenvalue weighted by molar-refractivity contribution is 7.13. The molecular formula is C21H17N3O2S. The number of rotatable bonds is 4. The molecule has 3 heterocycles. The summed E-state index contributed by atoms with van der Waals surface area (Å²) < 4.78 is 5.85. The van der Waals surface area contributed by atoms with E-state index in [-0.39, 0.29) is 5.91 Å². The number of nitrogens with one attached hydrogen (secondary N) is 1. The first-order valence-electron chi connectivity index (χ1n) is 8.44. The fraction of sp³-hybridized carbons (Fsp3) is 0.0952. The number of anilines is 1. The molecule has 0 unspecified atom stereocenters. The van der Waals surface area contributed by atoms with Gasteiger partial charge in [-0.1, -0.05) is 12.1 Å². The monoisotopic (exact) mass is 375 g/mol. The lowest BCUT2D eigenvalue weighted by atomic mass is 10.1. The predicted octanol–water partition coefficient (Wildman–Crippen LogP) is 5.33. The fourth-order valence-electron chi connectivity index (χ4n) is 2.88. The van der Waals surface area contributed by atoms with Gasteiger partial charge in [0.1, 0.15) is 5.76 Å². The minimum absolute atomic E-state index is 0.145. The second-order valence-corrected chi connectivity index (χ2v) is 7.03. The summed E-state index contributed by atoms with van der Waals surface area (Å²) in [4.78, 5) is 20.7. The lowest BCUT2D eigenvalue weighted by Gasteiger charge is -2.08. The van der Waals surface area contributed by atoms with Crippen molar-refractivity contribution < 1.29 is 9.21 Å². The van der Waals surface area contributed by atoms with Crippen molar-refractivity contribution in [3.05, 3.63) is 77.3 Å². The van der Waals surface area contributed by atoms with Gasteiger partial charge in [0.2, 0.25) is 0 Å². The zero-order valence-electron chi connectivity index (χ0n) is 14.9. The molecule has 0 aliphatic heterocycles. The highest BCUT2D eigenvalue weighted by Gasteiger charge is 2.13. The molecule has 1 N–H and O–H groups in total. The molecule has 0 atom stereocenters. The summed E-state index contributed by atoms with van der Waals surface area (Å²) in [5, 5.41) is 5.71. The zero-order valence-corrected chi connectivity index (χ0v) is 15.7. The van der Waals surface area contributed by atoms with Gasteiger partial charge in [-0.2, -0.15) is 0 Å². The van der Waals surface area contributed by atoms with E-state index < -0.39 is 0 Å². The minimum atomic E-state index is -0.145. The summed E-state index contributed by atoms with van der Waals surface area (Å²) in [7, 11) is 0. The molecule has 0 bridgehead atoms. The Bertz CT molecular complexity index is 1080. The summed E-state index contributed by atoms with van der Waals surface area (Å²) >= 11 is 1.54. The number of thiazole rings is 1. The molecule has 4 aromatic rings. The van der Waals surface area contributed by atoms with Crippen molar-refractivity contribution in [1.82, 2.24) is 9.97 Å². The third-order valence-corrected chi connectivity index (χ3v) is 5.07. The Labute approximate surface area is 160 Å². The van der Waals surface area contributed by atoms with Crippen LogP contribution in [0, 0.1) is 13.8 Å². The van der Waals surface area contributed by atoms with Crippen LogP contribution in [-0.2, 0) is 0 Å². The first-order valence-corrected chi connectivity index (χ1v) is 9.32. The van der Waals surface area contributed by atoms with E-state index in [1.807, 2.05) is 49.6 Å². The molecule has 0 aliphatic carbocycles. The van der Waals surface area contributed by atoms with Crippen LogP contribution in [0.15, 0.2) is 64.8 Å². The van der Waals surface area contributed by atoms with Crippen LogP contribution in [-0.4, -0.2) is 15.9 Å². The first kappa shape index (κ1) is 17.2. The standard InChI is InChI=1S/C21H17N3O2S/c1-13-12-22-8-7-17(13)20(25)24-16-5-3-15(4-6-16)18-11-19(26-14(18)2)21-23-9-10-27-21/h3-12H,1-2H3,(H,24,25). The summed E-state index contributed by atoms with van der Waals surface area (Å²) in [6.07, 6.45) is 5.06. The highest BCUT2D eigenvalue weighted by atomic mass is 32.1. The molecule has 0 saturated carbocycles. The number of hydrogen-bond donors (Lipinski definition) is 1. The van der Waals surface area contributed by atoms with Crippen LogP contribution in [0.3, 0.4) is 0 Å². The van der Waals surface area contributed by atoms with Crippen LogP contribution in [0.1, 0.15) is 21.7 Å². The van der Waals surface area contributed by atoms with Gasteiger partial charge in [0, 0.05) is 40.8 Å². The van der Waals surface area contributed by atoms with E-state index in [4.69, 9.17) is 4.42 Å². The number of amides is 1. The average Bonchev–Trinajstić information content (AvgIpc) is 3.32. The number of aryl methyl sites for hydroxylation is 2. The Kier molecular flexibility index (Phi) is 4.56. The van der Waals surface area contributed by atoms with E-state index in [1.54, 1.807) is 36.0 Å². The number of pyridine rings is 1. The lowest BCUT2D eigenvalue weighted by Crippen LogP contribution is -2.13. The largest absolute Gasteiger partial charge is 0.458 e. The second kappa shape index (κ2) is 7.17. The van der Waals surface area contributed by atoms with Crippen molar-refractivity contribution in [2.45, 2.75) is 13.8 Å². The van der Waals surface area contributed by atoms with Crippen molar-refractivity contribution >= 4 is 22.9 Å². The highest BCUT2D eigenvalue weighted by Crippen LogP contribution is 2.33. The van der Waals surface area contributed by atoms with Crippen LogP contribution in [0.4, 0.5) is 5.69 Å². The van der Waals surface area contributed by atoms with Gasteiger partial charge in [0.15, 0.2) is 10.8 Å². The van der Waals surface area contributed by atoms with E-state index in [0.717, 1.165) is 38.9 Å². The van der Waals surface area contributed by atoms with E-state index in [0.29, 0.717) is 5.56 Å². The van der Waals surface area contributed by atoms with Gasteiger partial charge in [0.05, 0.1) is 0 Å². The van der Waals surface area contributed by atoms with Crippen LogP contribution >= 0.6 is 11.3 Å². The van der Waals surface area contributed by atoms with Crippen molar-refractivity contribution in [2.24, 2.45) is 0 Å². The molecule has 27 heavy (non-hydrogen) atoms. The normalized spacial score (nSPS) is 10.7. The van der Waals surface area contributed by atoms with Gasteiger partial charge < -0.3 is 9.73 Å². The molecule has 0 spiro atoms. The SMILES string of the molecule is Cc1cnccc1C(=O)Nc1ccc(-c2cc(-c3nccs3)oc2C)cc1. The Hall–Kier alpha value is -3.25. The smallest absolute Gasteiger partial charge is 0.256 e. The maximum Gasteiger partial charge on any atom is 0.256 e. The third-order valence-electron chi connectivity index (χ3n) is 4.28. The Balaban J connectivity index is 1.55. The molecule has 0 aliphatic rings. The minimum Gasteiger partial charge on any atom is -0.458 e. The molecule has 0 saturated heterocycles. The van der Waals surface area contributed by atoms with Gasteiger partial charge >= 0.3 is 0 Å². The third kappa shape index (κ3) is 3.52. The zero-order chi connectivity index (χ0) is 18.8. The van der Waals surface area contributed by atoms with E-state index >= 15 is 0 Å². The van der Waals surface area contributed by atoms with Crippen molar-refractivity contribution in [1.29, 1.82) is 0 Å². The number of benzene rings is 1. The van der Waals surface area contributed by atoms with Crippen LogP contribution in [0.25, 0.3) is 21.9 Å². The predicted molar refractivity (Wildman–Crippen MR) is 107 cm³/mol.